The topological polar surface area (TPSA) is 74.8 Å². The summed E-state index contributed by atoms with van der Waals surface area (Å²) in [6, 6.07) is 1.32. The van der Waals surface area contributed by atoms with E-state index in [1.165, 1.54) is 29.8 Å². The fraction of sp³-hybridized carbons (Fsp3) is 0.250. The van der Waals surface area contributed by atoms with Crippen LogP contribution in [0.2, 0.25) is 0 Å². The summed E-state index contributed by atoms with van der Waals surface area (Å²) in [4.78, 5) is 30.3. The molecule has 0 aliphatic carbocycles. The van der Waals surface area contributed by atoms with E-state index in [9.17, 15) is 9.59 Å². The van der Waals surface area contributed by atoms with Crippen molar-refractivity contribution in [2.24, 2.45) is 0 Å². The fourth-order valence-corrected chi connectivity index (χ4v) is 2.23. The molecule has 18 heavy (non-hydrogen) atoms. The van der Waals surface area contributed by atoms with Crippen LogP contribution in [0.25, 0.3) is 0 Å². The molecule has 0 bridgehead atoms. The van der Waals surface area contributed by atoms with Gasteiger partial charge in [0.25, 0.3) is 5.91 Å². The van der Waals surface area contributed by atoms with Crippen LogP contribution in [0, 0.1) is 0 Å². The summed E-state index contributed by atoms with van der Waals surface area (Å²) in [7, 11) is 0. The lowest BCUT2D eigenvalue weighted by molar-refractivity contribution is 0.102. The molecule has 0 unspecified atom stereocenters. The Hall–Kier alpha value is -1.95. The average molecular weight is 263 g/mol. The monoisotopic (exact) mass is 263 g/mol. The summed E-state index contributed by atoms with van der Waals surface area (Å²) >= 11 is 1.35. The number of hydrogen-bond donors (Lipinski definition) is 2. The lowest BCUT2D eigenvalue weighted by Crippen LogP contribution is -2.20. The van der Waals surface area contributed by atoms with Crippen LogP contribution in [0.5, 0.6) is 0 Å². The van der Waals surface area contributed by atoms with Crippen molar-refractivity contribution in [2.45, 2.75) is 19.8 Å². The number of pyridine rings is 1. The van der Waals surface area contributed by atoms with Crippen molar-refractivity contribution >= 4 is 22.4 Å². The lowest BCUT2D eigenvalue weighted by Gasteiger charge is -2.00. The molecule has 0 saturated heterocycles. The Morgan fingerprint density at radius 1 is 1.50 bits per heavy atom. The molecule has 2 aromatic rings. The number of H-pyrrole nitrogens is 1. The first-order valence-corrected chi connectivity index (χ1v) is 6.40. The molecule has 0 aliphatic rings. The third kappa shape index (κ3) is 2.65. The second-order valence-electron chi connectivity index (χ2n) is 4.11. The van der Waals surface area contributed by atoms with Crippen molar-refractivity contribution in [3.8, 4) is 0 Å². The Balaban J connectivity index is 2.17. The second kappa shape index (κ2) is 5.14. The van der Waals surface area contributed by atoms with Crippen LogP contribution in [0.4, 0.5) is 5.13 Å². The molecule has 0 fully saturated rings. The highest BCUT2D eigenvalue weighted by Gasteiger charge is 2.12. The minimum Gasteiger partial charge on any atom is -0.367 e. The van der Waals surface area contributed by atoms with Gasteiger partial charge in [0.15, 0.2) is 10.6 Å². The number of carbonyl (C=O) groups is 1. The molecular weight excluding hydrogens is 250 g/mol. The lowest BCUT2D eigenvalue weighted by atomic mass is 10.2. The minimum absolute atomic E-state index is 0.0822. The van der Waals surface area contributed by atoms with E-state index in [-0.39, 0.29) is 11.0 Å². The maximum atomic E-state index is 11.8. The molecule has 0 spiro atoms. The molecule has 0 radical (unpaired) electrons. The quantitative estimate of drug-likeness (QED) is 0.891. The van der Waals surface area contributed by atoms with Crippen LogP contribution in [0.1, 0.15) is 35.8 Å². The van der Waals surface area contributed by atoms with Gasteiger partial charge in [-0.15, -0.1) is 11.3 Å². The Morgan fingerprint density at radius 3 is 2.89 bits per heavy atom. The Bertz CT molecular complexity index is 616. The highest BCUT2D eigenvalue weighted by atomic mass is 32.1. The van der Waals surface area contributed by atoms with Gasteiger partial charge in [-0.05, 0) is 5.92 Å². The third-order valence-electron chi connectivity index (χ3n) is 2.40. The van der Waals surface area contributed by atoms with Gasteiger partial charge in [0.1, 0.15) is 5.56 Å². The molecule has 0 aromatic carbocycles. The van der Waals surface area contributed by atoms with E-state index in [2.05, 4.69) is 15.3 Å². The molecule has 2 aromatic heterocycles. The highest BCUT2D eigenvalue weighted by molar-refractivity contribution is 7.14. The number of hydrogen-bond acceptors (Lipinski definition) is 4. The number of nitrogens with one attached hydrogen (secondary N) is 2. The molecule has 2 N–H and O–H groups in total. The molecule has 1 amide bonds. The zero-order valence-corrected chi connectivity index (χ0v) is 10.9. The van der Waals surface area contributed by atoms with Gasteiger partial charge in [0.05, 0.1) is 5.69 Å². The van der Waals surface area contributed by atoms with Crippen LogP contribution < -0.4 is 10.7 Å². The second-order valence-corrected chi connectivity index (χ2v) is 4.97. The van der Waals surface area contributed by atoms with E-state index in [1.807, 2.05) is 19.2 Å². The minimum atomic E-state index is -0.443. The predicted octanol–water partition coefficient (Wildman–Crippen LogP) is 2.21. The van der Waals surface area contributed by atoms with E-state index >= 15 is 0 Å². The fourth-order valence-electron chi connectivity index (χ4n) is 1.37. The number of aromatic amines is 1. The molecule has 0 atom stereocenters. The molecule has 2 rings (SSSR count). The Kier molecular flexibility index (Phi) is 3.57. The third-order valence-corrected chi connectivity index (χ3v) is 3.18. The SMILES string of the molecule is CC(C)c1csc(NC(=O)c2c[nH]ccc2=O)n1. The predicted molar refractivity (Wildman–Crippen MR) is 71.2 cm³/mol. The van der Waals surface area contributed by atoms with Gasteiger partial charge in [-0.1, -0.05) is 13.8 Å². The summed E-state index contributed by atoms with van der Waals surface area (Å²) in [5.41, 5.74) is 0.697. The van der Waals surface area contributed by atoms with Gasteiger partial charge in [-0.3, -0.25) is 14.9 Å². The maximum Gasteiger partial charge on any atom is 0.262 e. The van der Waals surface area contributed by atoms with Crippen LogP contribution in [-0.4, -0.2) is 15.9 Å². The van der Waals surface area contributed by atoms with Crippen molar-refractivity contribution in [1.29, 1.82) is 0 Å². The number of aromatic nitrogens is 2. The highest BCUT2D eigenvalue weighted by Crippen LogP contribution is 2.21. The molecule has 94 valence electrons. The standard InChI is InChI=1S/C12H13N3O2S/c1-7(2)9-6-18-12(14-9)15-11(17)8-5-13-4-3-10(8)16/h3-7H,1-2H3,(H,13,16)(H,14,15,17). The summed E-state index contributed by atoms with van der Waals surface area (Å²) in [5, 5.41) is 5.03. The van der Waals surface area contributed by atoms with Crippen molar-refractivity contribution in [1.82, 2.24) is 9.97 Å². The van der Waals surface area contributed by atoms with Gasteiger partial charge >= 0.3 is 0 Å². The summed E-state index contributed by atoms with van der Waals surface area (Å²) in [6.45, 7) is 4.06. The molecule has 0 saturated carbocycles. The summed E-state index contributed by atoms with van der Waals surface area (Å²) < 4.78 is 0. The van der Waals surface area contributed by atoms with Crippen LogP contribution in [0.3, 0.4) is 0 Å². The van der Waals surface area contributed by atoms with Crippen molar-refractivity contribution in [3.05, 3.63) is 45.3 Å². The first-order chi connectivity index (χ1) is 8.58. The number of anilines is 1. The summed E-state index contributed by atoms with van der Waals surface area (Å²) in [5.74, 6) is -0.131. The van der Waals surface area contributed by atoms with Gasteiger partial charge in [0.2, 0.25) is 0 Å². The van der Waals surface area contributed by atoms with Crippen molar-refractivity contribution < 1.29 is 4.79 Å². The molecule has 0 aliphatic heterocycles. The van der Waals surface area contributed by atoms with E-state index in [1.54, 1.807) is 0 Å². The smallest absolute Gasteiger partial charge is 0.262 e. The molecule has 2 heterocycles. The van der Waals surface area contributed by atoms with Gasteiger partial charge in [-0.2, -0.15) is 0 Å². The number of rotatable bonds is 3. The van der Waals surface area contributed by atoms with Crippen molar-refractivity contribution in [2.75, 3.05) is 5.32 Å². The zero-order valence-electron chi connectivity index (χ0n) is 10.1. The van der Waals surface area contributed by atoms with Gasteiger partial charge < -0.3 is 4.98 Å². The van der Waals surface area contributed by atoms with Gasteiger partial charge in [0, 0.05) is 23.8 Å². The maximum absolute atomic E-state index is 11.8. The zero-order chi connectivity index (χ0) is 13.1. The summed E-state index contributed by atoms with van der Waals surface area (Å²) in [6.07, 6.45) is 2.87. The van der Waals surface area contributed by atoms with Gasteiger partial charge in [-0.25, -0.2) is 4.98 Å². The van der Waals surface area contributed by atoms with E-state index in [0.717, 1.165) is 5.69 Å². The molecular formula is C12H13N3O2S. The van der Waals surface area contributed by atoms with E-state index < -0.39 is 5.91 Å². The van der Waals surface area contributed by atoms with E-state index in [4.69, 9.17) is 0 Å². The molecule has 6 heteroatoms. The number of carbonyl (C=O) groups excluding carboxylic acids is 1. The Labute approximate surface area is 108 Å². The largest absolute Gasteiger partial charge is 0.367 e. The Morgan fingerprint density at radius 2 is 2.28 bits per heavy atom. The number of thiazole rings is 1. The number of amides is 1. The van der Waals surface area contributed by atoms with E-state index in [0.29, 0.717) is 11.0 Å². The van der Waals surface area contributed by atoms with Crippen molar-refractivity contribution in [3.63, 3.8) is 0 Å². The normalized spacial score (nSPS) is 10.6. The van der Waals surface area contributed by atoms with Crippen LogP contribution >= 0.6 is 11.3 Å². The first kappa shape index (κ1) is 12.5. The van der Waals surface area contributed by atoms with Crippen LogP contribution in [-0.2, 0) is 0 Å². The number of nitrogens with zero attached hydrogens (tertiary/aromatic N) is 1. The molecule has 5 nitrogen and oxygen atoms in total. The first-order valence-electron chi connectivity index (χ1n) is 5.52. The average Bonchev–Trinajstić information content (AvgIpc) is 2.78. The van der Waals surface area contributed by atoms with Crippen LogP contribution in [0.15, 0.2) is 28.6 Å².